The molecule has 0 bridgehead atoms. The van der Waals surface area contributed by atoms with E-state index in [2.05, 4.69) is 18.5 Å². The number of nitrogens with two attached hydrogens (primary N) is 1. The van der Waals surface area contributed by atoms with Gasteiger partial charge in [-0.1, -0.05) is 6.08 Å². The third-order valence-electron chi connectivity index (χ3n) is 2.38. The molecule has 1 atom stereocenters. The number of hydrogen-bond donors (Lipinski definition) is 1. The number of rotatable bonds is 9. The van der Waals surface area contributed by atoms with Gasteiger partial charge in [0, 0.05) is 20.2 Å². The minimum atomic E-state index is 0.205. The highest BCUT2D eigenvalue weighted by Crippen LogP contribution is 1.99. The highest BCUT2D eigenvalue weighted by molar-refractivity contribution is 4.67. The van der Waals surface area contributed by atoms with Crippen LogP contribution in [0.15, 0.2) is 12.7 Å². The second-order valence-corrected chi connectivity index (χ2v) is 3.62. The number of ether oxygens (including phenoxy) is 1. The normalized spacial score (nSPS) is 13.1. The summed E-state index contributed by atoms with van der Waals surface area (Å²) < 4.78 is 5.21. The van der Waals surface area contributed by atoms with E-state index in [0.29, 0.717) is 6.54 Å². The molecule has 0 aromatic rings. The zero-order valence-corrected chi connectivity index (χ0v) is 9.54. The molecule has 3 nitrogen and oxygen atoms in total. The maximum absolute atomic E-state index is 5.53. The van der Waals surface area contributed by atoms with E-state index in [4.69, 9.17) is 10.5 Å². The Morgan fingerprint density at radius 3 is 2.71 bits per heavy atom. The predicted molar refractivity (Wildman–Crippen MR) is 61.4 cm³/mol. The lowest BCUT2D eigenvalue weighted by atomic mass is 10.2. The van der Waals surface area contributed by atoms with Crippen LogP contribution >= 0.6 is 0 Å². The molecule has 84 valence electrons. The van der Waals surface area contributed by atoms with Crippen LogP contribution in [0.1, 0.15) is 19.3 Å². The zero-order valence-electron chi connectivity index (χ0n) is 9.54. The summed E-state index contributed by atoms with van der Waals surface area (Å²) in [4.78, 5) is 2.31. The van der Waals surface area contributed by atoms with Gasteiger partial charge < -0.3 is 15.4 Å². The van der Waals surface area contributed by atoms with E-state index in [1.165, 1.54) is 6.42 Å². The van der Waals surface area contributed by atoms with Crippen LogP contribution < -0.4 is 5.73 Å². The van der Waals surface area contributed by atoms with Crippen molar-refractivity contribution < 1.29 is 4.74 Å². The summed E-state index contributed by atoms with van der Waals surface area (Å²) in [5.74, 6) is 0. The van der Waals surface area contributed by atoms with Crippen LogP contribution in [0.5, 0.6) is 0 Å². The molecule has 0 fully saturated rings. The minimum absolute atomic E-state index is 0.205. The van der Waals surface area contributed by atoms with Crippen LogP contribution in [-0.4, -0.2) is 44.8 Å². The molecule has 0 saturated carbocycles. The fraction of sp³-hybridized carbons (Fsp3) is 0.818. The first-order chi connectivity index (χ1) is 6.74. The molecule has 0 heterocycles. The Bertz CT molecular complexity index is 135. The van der Waals surface area contributed by atoms with Crippen molar-refractivity contribution in [3.8, 4) is 0 Å². The van der Waals surface area contributed by atoms with E-state index in [0.717, 1.165) is 25.9 Å². The SMILES string of the molecule is C=CCCCN(C)CCC(CN)OC. The van der Waals surface area contributed by atoms with Gasteiger partial charge in [0.15, 0.2) is 0 Å². The van der Waals surface area contributed by atoms with Gasteiger partial charge >= 0.3 is 0 Å². The Hall–Kier alpha value is -0.380. The molecular weight excluding hydrogens is 176 g/mol. The van der Waals surface area contributed by atoms with Crippen LogP contribution in [0.25, 0.3) is 0 Å². The van der Waals surface area contributed by atoms with Gasteiger partial charge in [-0.3, -0.25) is 0 Å². The van der Waals surface area contributed by atoms with Crippen LogP contribution in [0.2, 0.25) is 0 Å². The lowest BCUT2D eigenvalue weighted by Gasteiger charge is -2.19. The van der Waals surface area contributed by atoms with Crippen molar-refractivity contribution >= 4 is 0 Å². The van der Waals surface area contributed by atoms with Gasteiger partial charge in [0.25, 0.3) is 0 Å². The van der Waals surface area contributed by atoms with Crippen molar-refractivity contribution in [2.24, 2.45) is 5.73 Å². The van der Waals surface area contributed by atoms with Gasteiger partial charge in [0.05, 0.1) is 6.10 Å². The summed E-state index contributed by atoms with van der Waals surface area (Å²) in [6.45, 7) is 6.48. The van der Waals surface area contributed by atoms with E-state index in [1.807, 2.05) is 6.08 Å². The Balaban J connectivity index is 3.41. The number of unbranched alkanes of at least 4 members (excludes halogenated alkanes) is 1. The number of allylic oxidation sites excluding steroid dienone is 1. The van der Waals surface area contributed by atoms with Crippen LogP contribution in [0.4, 0.5) is 0 Å². The average molecular weight is 200 g/mol. The smallest absolute Gasteiger partial charge is 0.0705 e. The maximum atomic E-state index is 5.53. The van der Waals surface area contributed by atoms with Gasteiger partial charge in [-0.15, -0.1) is 6.58 Å². The second-order valence-electron chi connectivity index (χ2n) is 3.62. The fourth-order valence-corrected chi connectivity index (χ4v) is 1.31. The molecule has 0 aromatic carbocycles. The Kier molecular flexibility index (Phi) is 8.94. The van der Waals surface area contributed by atoms with E-state index < -0.39 is 0 Å². The first-order valence-corrected chi connectivity index (χ1v) is 5.26. The maximum Gasteiger partial charge on any atom is 0.0705 e. The van der Waals surface area contributed by atoms with Gasteiger partial charge in [-0.05, 0) is 32.9 Å². The third kappa shape index (κ3) is 7.06. The Labute approximate surface area is 87.9 Å². The Morgan fingerprint density at radius 1 is 1.50 bits per heavy atom. The molecule has 0 aliphatic rings. The molecular formula is C11H24N2O. The molecule has 0 radical (unpaired) electrons. The van der Waals surface area contributed by atoms with E-state index in [1.54, 1.807) is 7.11 Å². The summed E-state index contributed by atoms with van der Waals surface area (Å²) in [5, 5.41) is 0. The Morgan fingerprint density at radius 2 is 2.21 bits per heavy atom. The summed E-state index contributed by atoms with van der Waals surface area (Å²) in [5.41, 5.74) is 5.53. The largest absolute Gasteiger partial charge is 0.380 e. The molecule has 1 unspecified atom stereocenters. The standard InChI is InChI=1S/C11H24N2O/c1-4-5-6-8-13(2)9-7-11(10-12)14-3/h4,11H,1,5-10,12H2,2-3H3. The van der Waals surface area contributed by atoms with E-state index in [-0.39, 0.29) is 6.10 Å². The van der Waals surface area contributed by atoms with Crippen molar-refractivity contribution in [2.45, 2.75) is 25.4 Å². The van der Waals surface area contributed by atoms with E-state index >= 15 is 0 Å². The van der Waals surface area contributed by atoms with Gasteiger partial charge in [0.2, 0.25) is 0 Å². The summed E-state index contributed by atoms with van der Waals surface area (Å²) in [6.07, 6.45) is 5.45. The molecule has 0 amide bonds. The fourth-order valence-electron chi connectivity index (χ4n) is 1.31. The molecule has 0 saturated heterocycles. The van der Waals surface area contributed by atoms with Crippen molar-refractivity contribution in [3.05, 3.63) is 12.7 Å². The highest BCUT2D eigenvalue weighted by atomic mass is 16.5. The summed E-state index contributed by atoms with van der Waals surface area (Å²) >= 11 is 0. The van der Waals surface area contributed by atoms with Crippen molar-refractivity contribution in [1.82, 2.24) is 4.90 Å². The lowest BCUT2D eigenvalue weighted by molar-refractivity contribution is 0.0925. The minimum Gasteiger partial charge on any atom is -0.380 e. The molecule has 0 rings (SSSR count). The summed E-state index contributed by atoms with van der Waals surface area (Å²) in [7, 11) is 3.85. The van der Waals surface area contributed by atoms with Gasteiger partial charge in [-0.25, -0.2) is 0 Å². The first kappa shape index (κ1) is 13.6. The lowest BCUT2D eigenvalue weighted by Crippen LogP contribution is -2.29. The van der Waals surface area contributed by atoms with Crippen LogP contribution in [0.3, 0.4) is 0 Å². The van der Waals surface area contributed by atoms with Gasteiger partial charge in [-0.2, -0.15) is 0 Å². The first-order valence-electron chi connectivity index (χ1n) is 5.26. The average Bonchev–Trinajstić information content (AvgIpc) is 2.20. The number of nitrogens with zero attached hydrogens (tertiary/aromatic N) is 1. The molecule has 0 aliphatic carbocycles. The third-order valence-corrected chi connectivity index (χ3v) is 2.38. The number of methoxy groups -OCH3 is 1. The molecule has 0 spiro atoms. The van der Waals surface area contributed by atoms with Crippen LogP contribution in [0, 0.1) is 0 Å². The molecule has 3 heteroatoms. The van der Waals surface area contributed by atoms with Crippen molar-refractivity contribution in [2.75, 3.05) is 33.8 Å². The second kappa shape index (κ2) is 9.19. The van der Waals surface area contributed by atoms with Gasteiger partial charge in [0.1, 0.15) is 0 Å². The zero-order chi connectivity index (χ0) is 10.8. The highest BCUT2D eigenvalue weighted by Gasteiger charge is 2.05. The quantitative estimate of drug-likeness (QED) is 0.450. The van der Waals surface area contributed by atoms with E-state index in [9.17, 15) is 0 Å². The van der Waals surface area contributed by atoms with Crippen molar-refractivity contribution in [3.63, 3.8) is 0 Å². The molecule has 2 N–H and O–H groups in total. The molecule has 0 aromatic heterocycles. The molecule has 0 aliphatic heterocycles. The molecule has 14 heavy (non-hydrogen) atoms. The number of hydrogen-bond acceptors (Lipinski definition) is 3. The predicted octanol–water partition coefficient (Wildman–Crippen LogP) is 1.25. The van der Waals surface area contributed by atoms with Crippen molar-refractivity contribution in [1.29, 1.82) is 0 Å². The van der Waals surface area contributed by atoms with Crippen LogP contribution in [-0.2, 0) is 4.74 Å². The monoisotopic (exact) mass is 200 g/mol. The topological polar surface area (TPSA) is 38.5 Å². The summed E-state index contributed by atoms with van der Waals surface area (Å²) in [6, 6.07) is 0.